The molecular weight excluding hydrogens is 292 g/mol. The molecule has 0 aliphatic heterocycles. The van der Waals surface area contributed by atoms with Crippen LogP contribution >= 0.6 is 11.3 Å². The Balaban J connectivity index is 1.55. The Labute approximate surface area is 131 Å². The van der Waals surface area contributed by atoms with Gasteiger partial charge in [0.25, 0.3) is 0 Å². The van der Waals surface area contributed by atoms with Gasteiger partial charge < -0.3 is 0 Å². The fraction of sp³-hybridized carbons (Fsp3) is 0. The van der Waals surface area contributed by atoms with E-state index in [0.29, 0.717) is 0 Å². The molecular formula is C17H12N4S. The third-order valence-corrected chi connectivity index (χ3v) is 4.24. The van der Waals surface area contributed by atoms with Gasteiger partial charge in [0.1, 0.15) is 0 Å². The number of pyridine rings is 1. The van der Waals surface area contributed by atoms with E-state index in [0.717, 1.165) is 31.8 Å². The minimum Gasteiger partial charge on any atom is -0.256 e. The summed E-state index contributed by atoms with van der Waals surface area (Å²) in [6.07, 6.45) is 3.59. The molecule has 0 aliphatic carbocycles. The summed E-state index contributed by atoms with van der Waals surface area (Å²) < 4.78 is 1.15. The maximum atomic E-state index is 4.48. The van der Waals surface area contributed by atoms with Gasteiger partial charge in [-0.15, -0.1) is 0 Å². The molecule has 0 saturated carbocycles. The zero-order valence-corrected chi connectivity index (χ0v) is 12.4. The topological polar surface area (TPSA) is 50.2 Å². The van der Waals surface area contributed by atoms with Gasteiger partial charge in [0.15, 0.2) is 0 Å². The van der Waals surface area contributed by atoms with Crippen LogP contribution in [0.2, 0.25) is 0 Å². The van der Waals surface area contributed by atoms with Crippen molar-refractivity contribution < 1.29 is 0 Å². The molecule has 0 amide bonds. The van der Waals surface area contributed by atoms with Crippen LogP contribution in [0.3, 0.4) is 0 Å². The van der Waals surface area contributed by atoms with Crippen molar-refractivity contribution in [3.8, 4) is 0 Å². The van der Waals surface area contributed by atoms with Crippen LogP contribution in [0.1, 0.15) is 5.56 Å². The number of nitrogens with zero attached hydrogens (tertiary/aromatic N) is 3. The fourth-order valence-electron chi connectivity index (χ4n) is 2.26. The quantitative estimate of drug-likeness (QED) is 0.454. The van der Waals surface area contributed by atoms with E-state index in [1.54, 1.807) is 23.7 Å². The molecule has 0 bridgehead atoms. The molecule has 0 fully saturated rings. The second-order valence-corrected chi connectivity index (χ2v) is 5.84. The van der Waals surface area contributed by atoms with Crippen molar-refractivity contribution in [3.05, 3.63) is 66.4 Å². The lowest BCUT2D eigenvalue weighted by Crippen LogP contribution is -1.90. The summed E-state index contributed by atoms with van der Waals surface area (Å²) in [5, 5.41) is 6.16. The van der Waals surface area contributed by atoms with Crippen molar-refractivity contribution in [1.82, 2.24) is 9.97 Å². The molecule has 22 heavy (non-hydrogen) atoms. The summed E-state index contributed by atoms with van der Waals surface area (Å²) >= 11 is 1.59. The van der Waals surface area contributed by atoms with Gasteiger partial charge >= 0.3 is 0 Å². The minimum atomic E-state index is 0.792. The van der Waals surface area contributed by atoms with E-state index in [4.69, 9.17) is 0 Å². The first-order valence-corrected chi connectivity index (χ1v) is 7.69. The molecule has 0 unspecified atom stereocenters. The molecule has 106 valence electrons. The molecule has 2 heterocycles. The molecule has 0 atom stereocenters. The molecule has 4 nitrogen and oxygen atoms in total. The van der Waals surface area contributed by atoms with Crippen LogP contribution in [0.15, 0.2) is 65.9 Å². The van der Waals surface area contributed by atoms with Gasteiger partial charge in [-0.1, -0.05) is 35.6 Å². The Kier molecular flexibility index (Phi) is 3.25. The van der Waals surface area contributed by atoms with E-state index < -0.39 is 0 Å². The Morgan fingerprint density at radius 2 is 1.95 bits per heavy atom. The lowest BCUT2D eigenvalue weighted by molar-refractivity contribution is 1.31. The third-order valence-electron chi connectivity index (χ3n) is 3.29. The zero-order valence-electron chi connectivity index (χ0n) is 11.6. The van der Waals surface area contributed by atoms with Crippen LogP contribution in [0.5, 0.6) is 0 Å². The molecule has 2 aromatic heterocycles. The molecule has 0 radical (unpaired) electrons. The van der Waals surface area contributed by atoms with Gasteiger partial charge in [0.2, 0.25) is 5.13 Å². The van der Waals surface area contributed by atoms with E-state index in [1.165, 1.54) is 0 Å². The van der Waals surface area contributed by atoms with Crippen molar-refractivity contribution in [1.29, 1.82) is 0 Å². The second-order valence-electron chi connectivity index (χ2n) is 4.81. The number of rotatable bonds is 3. The second kappa shape index (κ2) is 5.54. The third kappa shape index (κ3) is 2.54. The Hall–Kier alpha value is -2.79. The summed E-state index contributed by atoms with van der Waals surface area (Å²) in [5.74, 6) is 0. The Bertz CT molecular complexity index is 941. The summed E-state index contributed by atoms with van der Waals surface area (Å²) in [4.78, 5) is 8.78. The van der Waals surface area contributed by atoms with E-state index in [2.05, 4.69) is 32.6 Å². The predicted octanol–water partition coefficient (Wildman–Crippen LogP) is 4.29. The maximum absolute atomic E-state index is 4.48. The van der Waals surface area contributed by atoms with Crippen molar-refractivity contribution in [2.45, 2.75) is 0 Å². The summed E-state index contributed by atoms with van der Waals surface area (Å²) in [5.41, 5.74) is 5.99. The average Bonchev–Trinajstić information content (AvgIpc) is 2.97. The Morgan fingerprint density at radius 1 is 1.00 bits per heavy atom. The van der Waals surface area contributed by atoms with Gasteiger partial charge in [-0.2, -0.15) is 5.10 Å². The van der Waals surface area contributed by atoms with Crippen LogP contribution in [0.25, 0.3) is 21.1 Å². The maximum Gasteiger partial charge on any atom is 0.204 e. The van der Waals surface area contributed by atoms with Crippen molar-refractivity contribution in [3.63, 3.8) is 0 Å². The van der Waals surface area contributed by atoms with Crippen LogP contribution in [-0.4, -0.2) is 16.2 Å². The number of hydrogen-bond acceptors (Lipinski definition) is 5. The van der Waals surface area contributed by atoms with Gasteiger partial charge in [-0.05, 0) is 35.9 Å². The summed E-state index contributed by atoms with van der Waals surface area (Å²) in [6.45, 7) is 0. The highest BCUT2D eigenvalue weighted by atomic mass is 32.1. The molecule has 4 aromatic rings. The first kappa shape index (κ1) is 12.9. The average molecular weight is 304 g/mol. The zero-order chi connectivity index (χ0) is 14.8. The summed E-state index contributed by atoms with van der Waals surface area (Å²) in [7, 11) is 0. The summed E-state index contributed by atoms with van der Waals surface area (Å²) in [6, 6.07) is 18.1. The fourth-order valence-corrected chi connectivity index (χ4v) is 3.07. The number of nitrogens with one attached hydrogen (secondary N) is 1. The van der Waals surface area contributed by atoms with Gasteiger partial charge in [-0.3, -0.25) is 10.4 Å². The smallest absolute Gasteiger partial charge is 0.204 e. The first-order chi connectivity index (χ1) is 10.9. The minimum absolute atomic E-state index is 0.792. The van der Waals surface area contributed by atoms with Crippen molar-refractivity contribution in [2.75, 3.05) is 5.43 Å². The predicted molar refractivity (Wildman–Crippen MR) is 92.6 cm³/mol. The number of fused-ring (bicyclic) bond motifs is 2. The Morgan fingerprint density at radius 3 is 2.91 bits per heavy atom. The van der Waals surface area contributed by atoms with Crippen molar-refractivity contribution in [2.24, 2.45) is 5.10 Å². The van der Waals surface area contributed by atoms with E-state index >= 15 is 0 Å². The number of aromatic nitrogens is 2. The van der Waals surface area contributed by atoms with Gasteiger partial charge in [0.05, 0.1) is 21.9 Å². The monoisotopic (exact) mass is 304 g/mol. The van der Waals surface area contributed by atoms with Crippen LogP contribution in [0.4, 0.5) is 5.13 Å². The largest absolute Gasteiger partial charge is 0.256 e. The van der Waals surface area contributed by atoms with Crippen LogP contribution < -0.4 is 5.43 Å². The van der Waals surface area contributed by atoms with E-state index in [1.807, 2.05) is 42.5 Å². The number of anilines is 1. The molecule has 1 N–H and O–H groups in total. The molecule has 2 aromatic carbocycles. The number of para-hydroxylation sites is 1. The number of benzene rings is 2. The number of thiazole rings is 1. The van der Waals surface area contributed by atoms with Crippen molar-refractivity contribution >= 4 is 43.8 Å². The molecule has 0 saturated heterocycles. The van der Waals surface area contributed by atoms with Crippen LogP contribution in [0, 0.1) is 0 Å². The highest BCUT2D eigenvalue weighted by molar-refractivity contribution is 7.22. The first-order valence-electron chi connectivity index (χ1n) is 6.88. The highest BCUT2D eigenvalue weighted by Crippen LogP contribution is 2.25. The van der Waals surface area contributed by atoms with Gasteiger partial charge in [0, 0.05) is 11.6 Å². The van der Waals surface area contributed by atoms with E-state index in [-0.39, 0.29) is 0 Å². The van der Waals surface area contributed by atoms with E-state index in [9.17, 15) is 0 Å². The van der Waals surface area contributed by atoms with Gasteiger partial charge in [-0.25, -0.2) is 4.98 Å². The number of hydrogen-bond donors (Lipinski definition) is 1. The normalized spacial score (nSPS) is 11.5. The SMILES string of the molecule is C(=NNc1nc2ccccc2s1)c1ccc2ncccc2c1. The molecule has 0 aliphatic rings. The highest BCUT2D eigenvalue weighted by Gasteiger charge is 2.00. The lowest BCUT2D eigenvalue weighted by atomic mass is 10.1. The molecule has 4 rings (SSSR count). The molecule has 5 heteroatoms. The number of hydrazone groups is 1. The standard InChI is InChI=1S/C17H12N4S/c1-2-6-16-15(5-1)20-17(22-16)21-19-11-12-7-8-14-13(10-12)4-3-9-18-14/h1-11H,(H,20,21). The lowest BCUT2D eigenvalue weighted by Gasteiger charge is -1.98. The molecule has 0 spiro atoms. The van der Waals surface area contributed by atoms with Crippen LogP contribution in [-0.2, 0) is 0 Å².